The number of carbonyl (C=O) groups is 1. The van der Waals surface area contributed by atoms with E-state index in [1.54, 1.807) is 13.8 Å². The van der Waals surface area contributed by atoms with Gasteiger partial charge in [-0.3, -0.25) is 4.79 Å². The molecule has 0 fully saturated rings. The number of hydrogen-bond donors (Lipinski definition) is 1. The Morgan fingerprint density at radius 2 is 1.85 bits per heavy atom. The lowest BCUT2D eigenvalue weighted by Crippen LogP contribution is -2.13. The maximum atomic E-state index is 12.4. The average molecular weight is 266 g/mol. The summed E-state index contributed by atoms with van der Waals surface area (Å²) >= 11 is 0. The summed E-state index contributed by atoms with van der Waals surface area (Å²) in [5, 5.41) is 8.68. The molecule has 0 atom stereocenters. The van der Waals surface area contributed by atoms with Crippen LogP contribution in [0.4, 0.5) is 5.69 Å². The van der Waals surface area contributed by atoms with E-state index in [1.807, 2.05) is 42.5 Å². The van der Waals surface area contributed by atoms with Gasteiger partial charge in [-0.25, -0.2) is 0 Å². The maximum absolute atomic E-state index is 12.4. The zero-order valence-electron chi connectivity index (χ0n) is 11.3. The minimum Gasteiger partial charge on any atom is -0.359 e. The summed E-state index contributed by atoms with van der Waals surface area (Å²) in [6.45, 7) is 3.58. The zero-order valence-corrected chi connectivity index (χ0v) is 11.3. The molecule has 20 heavy (non-hydrogen) atoms. The van der Waals surface area contributed by atoms with Crippen LogP contribution in [-0.4, -0.2) is 11.1 Å². The van der Waals surface area contributed by atoms with E-state index in [-0.39, 0.29) is 5.91 Å². The van der Waals surface area contributed by atoms with Crippen molar-refractivity contribution in [3.63, 3.8) is 0 Å². The number of hydrogen-bond acceptors (Lipinski definition) is 3. The van der Waals surface area contributed by atoms with Gasteiger partial charge in [-0.05, 0) is 30.7 Å². The van der Waals surface area contributed by atoms with E-state index in [1.165, 1.54) is 0 Å². The molecule has 3 aromatic rings. The van der Waals surface area contributed by atoms with Crippen molar-refractivity contribution in [3.05, 3.63) is 59.5 Å². The van der Waals surface area contributed by atoms with Gasteiger partial charge in [0.2, 0.25) is 0 Å². The number of fused-ring (bicyclic) bond motifs is 1. The molecule has 1 aromatic heterocycles. The summed E-state index contributed by atoms with van der Waals surface area (Å²) in [5.41, 5.74) is 1.96. The first kappa shape index (κ1) is 12.4. The van der Waals surface area contributed by atoms with Crippen LogP contribution in [0.5, 0.6) is 0 Å². The highest BCUT2D eigenvalue weighted by Crippen LogP contribution is 2.23. The van der Waals surface area contributed by atoms with E-state index in [0.717, 1.165) is 10.8 Å². The molecule has 0 spiro atoms. The normalized spacial score (nSPS) is 10.7. The SMILES string of the molecule is Cc1noc(C)c1NC(=O)c1cccc2ccccc12. The standard InChI is InChI=1S/C16H14N2O2/c1-10-15(11(2)20-18-10)17-16(19)14-9-5-7-12-6-3-4-8-13(12)14/h3-9H,1-2H3,(H,17,19). The Kier molecular flexibility index (Phi) is 2.99. The highest BCUT2D eigenvalue weighted by atomic mass is 16.5. The molecule has 4 heteroatoms. The highest BCUT2D eigenvalue weighted by molar-refractivity contribution is 6.13. The second kappa shape index (κ2) is 4.81. The van der Waals surface area contributed by atoms with E-state index in [9.17, 15) is 4.79 Å². The van der Waals surface area contributed by atoms with Crippen molar-refractivity contribution < 1.29 is 9.32 Å². The summed E-state index contributed by atoms with van der Waals surface area (Å²) in [7, 11) is 0. The van der Waals surface area contributed by atoms with Gasteiger partial charge in [0.05, 0.1) is 0 Å². The van der Waals surface area contributed by atoms with Crippen LogP contribution in [0, 0.1) is 13.8 Å². The monoisotopic (exact) mass is 266 g/mol. The first-order valence-electron chi connectivity index (χ1n) is 6.39. The molecule has 0 radical (unpaired) electrons. The minimum atomic E-state index is -0.156. The molecule has 1 N–H and O–H groups in total. The number of nitrogens with one attached hydrogen (secondary N) is 1. The molecule has 4 nitrogen and oxygen atoms in total. The molecule has 0 unspecified atom stereocenters. The van der Waals surface area contributed by atoms with Crippen LogP contribution in [0.2, 0.25) is 0 Å². The van der Waals surface area contributed by atoms with Crippen molar-refractivity contribution in [2.75, 3.05) is 5.32 Å². The summed E-state index contributed by atoms with van der Waals surface area (Å²) in [4.78, 5) is 12.4. The van der Waals surface area contributed by atoms with Crippen LogP contribution < -0.4 is 5.32 Å². The number of aryl methyl sites for hydroxylation is 2. The van der Waals surface area contributed by atoms with Gasteiger partial charge in [0.1, 0.15) is 11.4 Å². The molecular weight excluding hydrogens is 252 g/mol. The third-order valence-corrected chi connectivity index (χ3v) is 3.31. The van der Waals surface area contributed by atoms with Gasteiger partial charge < -0.3 is 9.84 Å². The topological polar surface area (TPSA) is 55.1 Å². The first-order valence-corrected chi connectivity index (χ1v) is 6.39. The third kappa shape index (κ3) is 2.05. The van der Waals surface area contributed by atoms with Crippen LogP contribution in [-0.2, 0) is 0 Å². The Bertz CT molecular complexity index is 765. The quantitative estimate of drug-likeness (QED) is 0.769. The van der Waals surface area contributed by atoms with E-state index in [2.05, 4.69) is 10.5 Å². The van der Waals surface area contributed by atoms with Crippen LogP contribution in [0.15, 0.2) is 47.0 Å². The van der Waals surface area contributed by atoms with E-state index in [4.69, 9.17) is 4.52 Å². The fourth-order valence-electron chi connectivity index (χ4n) is 2.27. The molecule has 0 bridgehead atoms. The fraction of sp³-hybridized carbons (Fsp3) is 0.125. The molecule has 0 aliphatic carbocycles. The number of aromatic nitrogens is 1. The van der Waals surface area contributed by atoms with Crippen molar-refractivity contribution in [3.8, 4) is 0 Å². The molecule has 0 aliphatic rings. The van der Waals surface area contributed by atoms with Gasteiger partial charge in [-0.1, -0.05) is 41.6 Å². The van der Waals surface area contributed by atoms with Crippen molar-refractivity contribution in [2.24, 2.45) is 0 Å². The van der Waals surface area contributed by atoms with Crippen LogP contribution >= 0.6 is 0 Å². The van der Waals surface area contributed by atoms with Crippen molar-refractivity contribution in [1.29, 1.82) is 0 Å². The fourth-order valence-corrected chi connectivity index (χ4v) is 2.27. The summed E-state index contributed by atoms with van der Waals surface area (Å²) in [6.07, 6.45) is 0. The van der Waals surface area contributed by atoms with Gasteiger partial charge >= 0.3 is 0 Å². The second-order valence-corrected chi connectivity index (χ2v) is 4.68. The summed E-state index contributed by atoms with van der Waals surface area (Å²) < 4.78 is 5.05. The third-order valence-electron chi connectivity index (χ3n) is 3.31. The minimum absolute atomic E-state index is 0.156. The first-order chi connectivity index (χ1) is 9.66. The predicted octanol–water partition coefficient (Wildman–Crippen LogP) is 3.70. The van der Waals surface area contributed by atoms with E-state index in [0.29, 0.717) is 22.7 Å². The Labute approximate surface area is 116 Å². The molecule has 0 saturated carbocycles. The average Bonchev–Trinajstić information content (AvgIpc) is 2.78. The molecule has 100 valence electrons. The Morgan fingerprint density at radius 1 is 1.10 bits per heavy atom. The van der Waals surface area contributed by atoms with Crippen molar-refractivity contribution >= 4 is 22.4 Å². The maximum Gasteiger partial charge on any atom is 0.256 e. The Hall–Kier alpha value is -2.62. The summed E-state index contributed by atoms with van der Waals surface area (Å²) in [6, 6.07) is 13.5. The lowest BCUT2D eigenvalue weighted by Gasteiger charge is -2.07. The van der Waals surface area contributed by atoms with E-state index < -0.39 is 0 Å². The predicted molar refractivity (Wildman–Crippen MR) is 77.9 cm³/mol. The highest BCUT2D eigenvalue weighted by Gasteiger charge is 2.15. The lowest BCUT2D eigenvalue weighted by atomic mass is 10.0. The molecule has 0 saturated heterocycles. The van der Waals surface area contributed by atoms with Gasteiger partial charge in [-0.2, -0.15) is 0 Å². The van der Waals surface area contributed by atoms with Gasteiger partial charge in [0.25, 0.3) is 5.91 Å². The van der Waals surface area contributed by atoms with Gasteiger partial charge in [0.15, 0.2) is 5.76 Å². The number of carbonyl (C=O) groups excluding carboxylic acids is 1. The molecule has 2 aromatic carbocycles. The second-order valence-electron chi connectivity index (χ2n) is 4.68. The Morgan fingerprint density at radius 3 is 2.60 bits per heavy atom. The molecule has 1 amide bonds. The van der Waals surface area contributed by atoms with Crippen LogP contribution in [0.25, 0.3) is 10.8 Å². The summed E-state index contributed by atoms with van der Waals surface area (Å²) in [5.74, 6) is 0.451. The molecule has 0 aliphatic heterocycles. The van der Waals surface area contributed by atoms with Gasteiger partial charge in [0, 0.05) is 5.56 Å². The Balaban J connectivity index is 2.01. The molecule has 1 heterocycles. The molecular formula is C16H14N2O2. The van der Waals surface area contributed by atoms with E-state index >= 15 is 0 Å². The number of amides is 1. The molecule has 3 rings (SSSR count). The number of nitrogens with zero attached hydrogens (tertiary/aromatic N) is 1. The van der Waals surface area contributed by atoms with Crippen LogP contribution in [0.3, 0.4) is 0 Å². The van der Waals surface area contributed by atoms with Crippen molar-refractivity contribution in [2.45, 2.75) is 13.8 Å². The van der Waals surface area contributed by atoms with Crippen LogP contribution in [0.1, 0.15) is 21.8 Å². The lowest BCUT2D eigenvalue weighted by molar-refractivity contribution is 0.102. The zero-order chi connectivity index (χ0) is 14.1. The largest absolute Gasteiger partial charge is 0.359 e. The smallest absolute Gasteiger partial charge is 0.256 e. The number of benzene rings is 2. The number of rotatable bonds is 2. The van der Waals surface area contributed by atoms with Crippen molar-refractivity contribution in [1.82, 2.24) is 5.16 Å². The van der Waals surface area contributed by atoms with Gasteiger partial charge in [-0.15, -0.1) is 0 Å². The number of anilines is 1.